The second-order valence-electron chi connectivity index (χ2n) is 7.88. The average molecular weight is 294 g/mol. The highest BCUT2D eigenvalue weighted by Crippen LogP contribution is 2.40. The molecule has 2 aliphatic rings. The van der Waals surface area contributed by atoms with E-state index in [0.717, 1.165) is 29.7 Å². The first-order chi connectivity index (χ1) is 10.3. The molecule has 1 N–H and O–H groups in total. The monoisotopic (exact) mass is 293 g/mol. The van der Waals surface area contributed by atoms with E-state index >= 15 is 0 Å². The van der Waals surface area contributed by atoms with Gasteiger partial charge in [-0.2, -0.15) is 0 Å². The van der Waals surface area contributed by atoms with Gasteiger partial charge in [-0.15, -0.1) is 0 Å². The molecule has 0 bridgehead atoms. The number of hydrogen-bond donors (Lipinski definition) is 1. The Morgan fingerprint density at radius 3 is 1.76 bits per heavy atom. The van der Waals surface area contributed by atoms with Crippen LogP contribution in [0, 0.1) is 23.7 Å². The van der Waals surface area contributed by atoms with Gasteiger partial charge in [0.25, 0.3) is 0 Å². The van der Waals surface area contributed by atoms with Crippen molar-refractivity contribution in [3.8, 4) is 0 Å². The Hall–Kier alpha value is -0.0400. The van der Waals surface area contributed by atoms with Crippen LogP contribution in [-0.4, -0.2) is 12.6 Å². The van der Waals surface area contributed by atoms with Gasteiger partial charge in [-0.3, -0.25) is 0 Å². The van der Waals surface area contributed by atoms with Crippen LogP contribution in [0.25, 0.3) is 0 Å². The fourth-order valence-electron chi connectivity index (χ4n) is 5.09. The predicted octanol–water partition coefficient (Wildman–Crippen LogP) is 5.79. The maximum Gasteiger partial charge on any atom is 0.0124 e. The molecule has 1 heteroatoms. The Kier molecular flexibility index (Phi) is 7.57. The molecule has 0 aromatic carbocycles. The smallest absolute Gasteiger partial charge is 0.0124 e. The first-order valence-electron chi connectivity index (χ1n) is 10.0. The molecule has 0 heterocycles. The molecule has 2 rings (SSSR count). The van der Waals surface area contributed by atoms with Crippen molar-refractivity contribution >= 4 is 0 Å². The lowest BCUT2D eigenvalue weighted by Crippen LogP contribution is -2.45. The van der Waals surface area contributed by atoms with Gasteiger partial charge in [-0.05, 0) is 62.3 Å². The summed E-state index contributed by atoms with van der Waals surface area (Å²) in [6, 6.07) is 0.827. The lowest BCUT2D eigenvalue weighted by atomic mass is 9.68. The van der Waals surface area contributed by atoms with Gasteiger partial charge < -0.3 is 5.32 Å². The molecule has 0 aromatic heterocycles. The third-order valence-corrected chi connectivity index (χ3v) is 6.45. The zero-order valence-electron chi connectivity index (χ0n) is 14.9. The van der Waals surface area contributed by atoms with Gasteiger partial charge in [0.2, 0.25) is 0 Å². The van der Waals surface area contributed by atoms with Crippen LogP contribution in [0.5, 0.6) is 0 Å². The summed E-state index contributed by atoms with van der Waals surface area (Å²) in [6.07, 6.45) is 16.0. The largest absolute Gasteiger partial charge is 0.313 e. The van der Waals surface area contributed by atoms with Crippen molar-refractivity contribution in [2.45, 2.75) is 97.4 Å². The average Bonchev–Trinajstić information content (AvgIpc) is 2.55. The van der Waals surface area contributed by atoms with Gasteiger partial charge in [0.05, 0.1) is 0 Å². The summed E-state index contributed by atoms with van der Waals surface area (Å²) < 4.78 is 0. The molecule has 0 saturated heterocycles. The zero-order chi connectivity index (χ0) is 15.1. The van der Waals surface area contributed by atoms with Crippen LogP contribution in [-0.2, 0) is 0 Å². The van der Waals surface area contributed by atoms with Gasteiger partial charge in [-0.25, -0.2) is 0 Å². The Balaban J connectivity index is 1.98. The van der Waals surface area contributed by atoms with Crippen molar-refractivity contribution in [3.63, 3.8) is 0 Å². The Labute approximate surface area is 133 Å². The number of hydrogen-bond acceptors (Lipinski definition) is 1. The fraction of sp³-hybridized carbons (Fsp3) is 1.00. The van der Waals surface area contributed by atoms with E-state index in [9.17, 15) is 0 Å². The van der Waals surface area contributed by atoms with Crippen LogP contribution in [0.3, 0.4) is 0 Å². The maximum atomic E-state index is 4.00. The Morgan fingerprint density at radius 1 is 0.810 bits per heavy atom. The molecule has 4 unspecified atom stereocenters. The molecule has 2 fully saturated rings. The molecule has 2 saturated carbocycles. The second-order valence-corrected chi connectivity index (χ2v) is 7.88. The molecule has 1 nitrogen and oxygen atoms in total. The fourth-order valence-corrected chi connectivity index (χ4v) is 5.09. The van der Waals surface area contributed by atoms with Crippen molar-refractivity contribution in [2.75, 3.05) is 6.54 Å². The standard InChI is InChI=1S/C20H39N/c1-4-13-21-20(18-11-7-9-16(5-2)14-18)19-12-8-10-17(6-3)15-19/h16-21H,4-15H2,1-3H3. The van der Waals surface area contributed by atoms with E-state index in [2.05, 4.69) is 26.1 Å². The normalized spacial score (nSPS) is 35.6. The van der Waals surface area contributed by atoms with Crippen LogP contribution in [0.2, 0.25) is 0 Å². The quantitative estimate of drug-likeness (QED) is 0.626. The predicted molar refractivity (Wildman–Crippen MR) is 93.6 cm³/mol. The molecule has 0 radical (unpaired) electrons. The maximum absolute atomic E-state index is 4.00. The molecule has 0 spiro atoms. The van der Waals surface area contributed by atoms with Gasteiger partial charge >= 0.3 is 0 Å². The highest BCUT2D eigenvalue weighted by Gasteiger charge is 2.34. The van der Waals surface area contributed by atoms with E-state index < -0.39 is 0 Å². The van der Waals surface area contributed by atoms with Crippen LogP contribution in [0.1, 0.15) is 91.4 Å². The van der Waals surface area contributed by atoms with Crippen LogP contribution >= 0.6 is 0 Å². The van der Waals surface area contributed by atoms with Crippen molar-refractivity contribution in [3.05, 3.63) is 0 Å². The molecule has 2 aliphatic carbocycles. The highest BCUT2D eigenvalue weighted by molar-refractivity contribution is 4.89. The molecule has 0 amide bonds. The molecule has 0 aromatic rings. The SMILES string of the molecule is CCCNC(C1CCCC(CC)C1)C1CCCC(CC)C1. The summed E-state index contributed by atoms with van der Waals surface area (Å²) in [6.45, 7) is 8.34. The Morgan fingerprint density at radius 2 is 1.33 bits per heavy atom. The van der Waals surface area contributed by atoms with Crippen molar-refractivity contribution in [1.29, 1.82) is 0 Å². The summed E-state index contributed by atoms with van der Waals surface area (Å²) >= 11 is 0. The van der Waals surface area contributed by atoms with Crippen LogP contribution in [0.4, 0.5) is 0 Å². The van der Waals surface area contributed by atoms with Gasteiger partial charge in [0.15, 0.2) is 0 Å². The third-order valence-electron chi connectivity index (χ3n) is 6.45. The van der Waals surface area contributed by atoms with Crippen molar-refractivity contribution in [1.82, 2.24) is 5.32 Å². The molecular weight excluding hydrogens is 254 g/mol. The van der Waals surface area contributed by atoms with Gasteiger partial charge in [0.1, 0.15) is 0 Å². The summed E-state index contributed by atoms with van der Waals surface area (Å²) in [5.74, 6) is 3.96. The Bertz CT molecular complexity index is 251. The summed E-state index contributed by atoms with van der Waals surface area (Å²) in [5.41, 5.74) is 0. The number of nitrogens with one attached hydrogen (secondary N) is 1. The molecular formula is C20H39N. The minimum absolute atomic E-state index is 0.827. The molecule has 4 atom stereocenters. The molecule has 21 heavy (non-hydrogen) atoms. The van der Waals surface area contributed by atoms with E-state index in [4.69, 9.17) is 0 Å². The second kappa shape index (κ2) is 9.18. The third kappa shape index (κ3) is 4.98. The van der Waals surface area contributed by atoms with Gasteiger partial charge in [0, 0.05) is 6.04 Å². The van der Waals surface area contributed by atoms with E-state index in [0.29, 0.717) is 0 Å². The van der Waals surface area contributed by atoms with Crippen LogP contribution < -0.4 is 5.32 Å². The van der Waals surface area contributed by atoms with Crippen molar-refractivity contribution < 1.29 is 0 Å². The van der Waals surface area contributed by atoms with E-state index in [1.54, 1.807) is 0 Å². The summed E-state index contributed by atoms with van der Waals surface area (Å²) in [5, 5.41) is 4.00. The van der Waals surface area contributed by atoms with E-state index in [1.807, 2.05) is 0 Å². The van der Waals surface area contributed by atoms with E-state index in [1.165, 1.54) is 77.2 Å². The minimum atomic E-state index is 0.827. The topological polar surface area (TPSA) is 12.0 Å². The number of rotatable bonds is 7. The van der Waals surface area contributed by atoms with Crippen LogP contribution in [0.15, 0.2) is 0 Å². The lowest BCUT2D eigenvalue weighted by molar-refractivity contribution is 0.125. The molecule has 0 aliphatic heterocycles. The molecule has 124 valence electrons. The summed E-state index contributed by atoms with van der Waals surface area (Å²) in [4.78, 5) is 0. The van der Waals surface area contributed by atoms with E-state index in [-0.39, 0.29) is 0 Å². The highest BCUT2D eigenvalue weighted by atomic mass is 14.9. The van der Waals surface area contributed by atoms with Crippen molar-refractivity contribution in [2.24, 2.45) is 23.7 Å². The first kappa shape index (κ1) is 17.3. The first-order valence-corrected chi connectivity index (χ1v) is 10.0. The zero-order valence-corrected chi connectivity index (χ0v) is 14.9. The summed E-state index contributed by atoms with van der Waals surface area (Å²) in [7, 11) is 0. The van der Waals surface area contributed by atoms with Gasteiger partial charge in [-0.1, -0.05) is 59.3 Å². The lowest BCUT2D eigenvalue weighted by Gasteiger charge is -2.42. The minimum Gasteiger partial charge on any atom is -0.313 e.